The van der Waals surface area contributed by atoms with Crippen LogP contribution in [0.25, 0.3) is 0 Å². The highest BCUT2D eigenvalue weighted by atomic mass is 16.5. The zero-order chi connectivity index (χ0) is 12.1. The van der Waals surface area contributed by atoms with Gasteiger partial charge in [-0.25, -0.2) is 0 Å². The fraction of sp³-hybridized carbons (Fsp3) is 0.923. The molecule has 0 spiro atoms. The van der Waals surface area contributed by atoms with Crippen LogP contribution in [0.2, 0.25) is 0 Å². The lowest BCUT2D eigenvalue weighted by Gasteiger charge is -2.11. The zero-order valence-electron chi connectivity index (χ0n) is 10.5. The van der Waals surface area contributed by atoms with Gasteiger partial charge in [-0.15, -0.1) is 0 Å². The van der Waals surface area contributed by atoms with Crippen molar-refractivity contribution >= 4 is 6.47 Å². The fourth-order valence-corrected chi connectivity index (χ4v) is 1.79. The number of ether oxygens (including phenoxy) is 1. The summed E-state index contributed by atoms with van der Waals surface area (Å²) in [6.45, 7) is 2.59. The summed E-state index contributed by atoms with van der Waals surface area (Å²) in [6, 6.07) is 0. The first-order valence-corrected chi connectivity index (χ1v) is 6.55. The summed E-state index contributed by atoms with van der Waals surface area (Å²) in [5.74, 6) is 0. The Morgan fingerprint density at radius 1 is 1.06 bits per heavy atom. The predicted molar refractivity (Wildman–Crippen MR) is 65.2 cm³/mol. The van der Waals surface area contributed by atoms with E-state index in [0.717, 1.165) is 12.8 Å². The second kappa shape index (κ2) is 12.5. The Hall–Kier alpha value is -0.570. The SMILES string of the molecule is CCCCCCCCCCC(CO)OC=O. The molecule has 3 nitrogen and oxygen atoms in total. The zero-order valence-corrected chi connectivity index (χ0v) is 10.5. The minimum Gasteiger partial charge on any atom is -0.462 e. The van der Waals surface area contributed by atoms with Gasteiger partial charge in [0.2, 0.25) is 0 Å². The van der Waals surface area contributed by atoms with Gasteiger partial charge in [-0.05, 0) is 12.8 Å². The summed E-state index contributed by atoms with van der Waals surface area (Å²) in [7, 11) is 0. The molecule has 96 valence electrons. The van der Waals surface area contributed by atoms with Crippen LogP contribution < -0.4 is 0 Å². The number of unbranched alkanes of at least 4 members (excludes halogenated alkanes) is 7. The van der Waals surface area contributed by atoms with Crippen molar-refractivity contribution in [2.75, 3.05) is 6.61 Å². The van der Waals surface area contributed by atoms with Crippen LogP contribution in [0.15, 0.2) is 0 Å². The second-order valence-corrected chi connectivity index (χ2v) is 4.30. The molecule has 0 bridgehead atoms. The summed E-state index contributed by atoms with van der Waals surface area (Å²) in [5, 5.41) is 8.87. The van der Waals surface area contributed by atoms with E-state index in [-0.39, 0.29) is 12.7 Å². The summed E-state index contributed by atoms with van der Waals surface area (Å²) in [6.07, 6.45) is 10.6. The van der Waals surface area contributed by atoms with Crippen LogP contribution in [0.3, 0.4) is 0 Å². The minimum absolute atomic E-state index is 0.0603. The lowest BCUT2D eigenvalue weighted by Crippen LogP contribution is -2.16. The summed E-state index contributed by atoms with van der Waals surface area (Å²) < 4.78 is 4.72. The third kappa shape index (κ3) is 9.97. The van der Waals surface area contributed by atoms with E-state index in [4.69, 9.17) is 9.84 Å². The number of carbonyl (C=O) groups is 1. The molecular weight excluding hydrogens is 204 g/mol. The van der Waals surface area contributed by atoms with E-state index in [1.807, 2.05) is 0 Å². The molecule has 3 heteroatoms. The highest BCUT2D eigenvalue weighted by Crippen LogP contribution is 2.11. The van der Waals surface area contributed by atoms with Gasteiger partial charge < -0.3 is 9.84 Å². The molecule has 0 saturated carbocycles. The number of carbonyl (C=O) groups excluding carboxylic acids is 1. The average Bonchev–Trinajstić information content (AvgIpc) is 2.31. The highest BCUT2D eigenvalue weighted by Gasteiger charge is 2.06. The Morgan fingerprint density at radius 3 is 2.12 bits per heavy atom. The van der Waals surface area contributed by atoms with Gasteiger partial charge in [-0.3, -0.25) is 4.79 Å². The predicted octanol–water partition coefficient (Wildman–Crippen LogP) is 3.05. The number of hydrogen-bond acceptors (Lipinski definition) is 3. The molecular formula is C13H26O3. The Bertz CT molecular complexity index is 148. The van der Waals surface area contributed by atoms with Crippen molar-refractivity contribution in [2.24, 2.45) is 0 Å². The van der Waals surface area contributed by atoms with Crippen LogP contribution in [0.1, 0.15) is 64.7 Å². The molecule has 0 aliphatic rings. The Balaban J connectivity index is 3.15. The monoisotopic (exact) mass is 230 g/mol. The molecule has 0 aliphatic carbocycles. The molecule has 1 unspecified atom stereocenters. The van der Waals surface area contributed by atoms with Crippen LogP contribution in [0.4, 0.5) is 0 Å². The molecule has 0 aromatic heterocycles. The summed E-state index contributed by atoms with van der Waals surface area (Å²) >= 11 is 0. The first kappa shape index (κ1) is 15.4. The highest BCUT2D eigenvalue weighted by molar-refractivity contribution is 5.37. The lowest BCUT2D eigenvalue weighted by atomic mass is 10.1. The molecule has 0 aliphatic heterocycles. The van der Waals surface area contributed by atoms with E-state index in [2.05, 4.69) is 6.92 Å². The van der Waals surface area contributed by atoms with Crippen LogP contribution in [0, 0.1) is 0 Å². The van der Waals surface area contributed by atoms with Gasteiger partial charge in [0.25, 0.3) is 6.47 Å². The molecule has 1 atom stereocenters. The molecule has 0 rings (SSSR count). The third-order valence-corrected chi connectivity index (χ3v) is 2.83. The molecule has 0 aromatic carbocycles. The normalized spacial score (nSPS) is 12.4. The Kier molecular flexibility index (Phi) is 12.1. The molecule has 0 aromatic rings. The maximum atomic E-state index is 10.1. The molecule has 0 radical (unpaired) electrons. The molecule has 0 amide bonds. The van der Waals surface area contributed by atoms with Crippen molar-refractivity contribution < 1.29 is 14.6 Å². The Morgan fingerprint density at radius 2 is 1.62 bits per heavy atom. The quantitative estimate of drug-likeness (QED) is 0.414. The van der Waals surface area contributed by atoms with E-state index in [1.165, 1.54) is 44.9 Å². The van der Waals surface area contributed by atoms with Crippen LogP contribution in [0.5, 0.6) is 0 Å². The van der Waals surface area contributed by atoms with Crippen molar-refractivity contribution in [3.8, 4) is 0 Å². The summed E-state index contributed by atoms with van der Waals surface area (Å²) in [5.41, 5.74) is 0. The lowest BCUT2D eigenvalue weighted by molar-refractivity contribution is -0.135. The van der Waals surface area contributed by atoms with Crippen molar-refractivity contribution in [3.63, 3.8) is 0 Å². The standard InChI is InChI=1S/C13H26O3/c1-2-3-4-5-6-7-8-9-10-13(11-14)16-12-15/h12-14H,2-11H2,1H3. The smallest absolute Gasteiger partial charge is 0.293 e. The van der Waals surface area contributed by atoms with Crippen LogP contribution >= 0.6 is 0 Å². The topological polar surface area (TPSA) is 46.5 Å². The first-order valence-electron chi connectivity index (χ1n) is 6.55. The van der Waals surface area contributed by atoms with Gasteiger partial charge in [-0.2, -0.15) is 0 Å². The maximum Gasteiger partial charge on any atom is 0.293 e. The minimum atomic E-state index is -0.294. The van der Waals surface area contributed by atoms with E-state index in [0.29, 0.717) is 6.47 Å². The number of aliphatic hydroxyl groups is 1. The second-order valence-electron chi connectivity index (χ2n) is 4.30. The van der Waals surface area contributed by atoms with Gasteiger partial charge >= 0.3 is 0 Å². The molecule has 1 N–H and O–H groups in total. The van der Waals surface area contributed by atoms with Gasteiger partial charge in [0.1, 0.15) is 6.10 Å². The fourth-order valence-electron chi connectivity index (χ4n) is 1.79. The van der Waals surface area contributed by atoms with Crippen molar-refractivity contribution in [2.45, 2.75) is 70.8 Å². The van der Waals surface area contributed by atoms with Crippen molar-refractivity contribution in [1.82, 2.24) is 0 Å². The van der Waals surface area contributed by atoms with Crippen LogP contribution in [-0.2, 0) is 9.53 Å². The molecule has 16 heavy (non-hydrogen) atoms. The van der Waals surface area contributed by atoms with Crippen LogP contribution in [-0.4, -0.2) is 24.3 Å². The number of rotatable bonds is 12. The maximum absolute atomic E-state index is 10.1. The van der Waals surface area contributed by atoms with Crippen molar-refractivity contribution in [3.05, 3.63) is 0 Å². The largest absolute Gasteiger partial charge is 0.462 e. The Labute approximate surface area is 99.2 Å². The van der Waals surface area contributed by atoms with E-state index in [9.17, 15) is 4.79 Å². The van der Waals surface area contributed by atoms with E-state index < -0.39 is 0 Å². The van der Waals surface area contributed by atoms with Gasteiger partial charge in [0, 0.05) is 0 Å². The van der Waals surface area contributed by atoms with E-state index >= 15 is 0 Å². The average molecular weight is 230 g/mol. The number of aliphatic hydroxyl groups excluding tert-OH is 1. The molecule has 0 saturated heterocycles. The van der Waals surface area contributed by atoms with Gasteiger partial charge in [0.05, 0.1) is 6.61 Å². The molecule has 0 heterocycles. The summed E-state index contributed by atoms with van der Waals surface area (Å²) in [4.78, 5) is 10.1. The first-order chi connectivity index (χ1) is 7.85. The van der Waals surface area contributed by atoms with Gasteiger partial charge in [-0.1, -0.05) is 51.9 Å². The number of hydrogen-bond donors (Lipinski definition) is 1. The van der Waals surface area contributed by atoms with E-state index in [1.54, 1.807) is 0 Å². The molecule has 0 fully saturated rings. The third-order valence-electron chi connectivity index (χ3n) is 2.83. The van der Waals surface area contributed by atoms with Crippen molar-refractivity contribution in [1.29, 1.82) is 0 Å². The van der Waals surface area contributed by atoms with Gasteiger partial charge in [0.15, 0.2) is 0 Å².